The fourth-order valence-corrected chi connectivity index (χ4v) is 2.09. The van der Waals surface area contributed by atoms with Gasteiger partial charge >= 0.3 is 0 Å². The number of aryl methyl sites for hydroxylation is 1. The highest BCUT2D eigenvalue weighted by Crippen LogP contribution is 2.21. The Morgan fingerprint density at radius 3 is 2.70 bits per heavy atom. The number of hydrogen-bond donors (Lipinski definition) is 1. The first-order valence-corrected chi connectivity index (χ1v) is 6.53. The summed E-state index contributed by atoms with van der Waals surface area (Å²) in [5.74, 6) is 0.614. The first-order valence-electron chi connectivity index (χ1n) is 6.53. The van der Waals surface area contributed by atoms with Crippen LogP contribution in [-0.2, 0) is 6.54 Å². The molecule has 2 aromatic rings. The van der Waals surface area contributed by atoms with Gasteiger partial charge in [-0.3, -0.25) is 0 Å². The summed E-state index contributed by atoms with van der Waals surface area (Å²) in [6.45, 7) is 4.89. The van der Waals surface area contributed by atoms with Crippen LogP contribution < -0.4 is 10.1 Å². The van der Waals surface area contributed by atoms with Crippen LogP contribution in [0.5, 0.6) is 5.75 Å². The zero-order valence-corrected chi connectivity index (χ0v) is 12.0. The van der Waals surface area contributed by atoms with Gasteiger partial charge in [0.1, 0.15) is 11.8 Å². The van der Waals surface area contributed by atoms with Gasteiger partial charge in [-0.1, -0.05) is 18.2 Å². The summed E-state index contributed by atoms with van der Waals surface area (Å²) >= 11 is 0. The van der Waals surface area contributed by atoms with E-state index in [2.05, 4.69) is 37.4 Å². The van der Waals surface area contributed by atoms with Crippen molar-refractivity contribution >= 4 is 5.69 Å². The van der Waals surface area contributed by atoms with Crippen LogP contribution in [-0.4, -0.2) is 7.11 Å². The van der Waals surface area contributed by atoms with Crippen LogP contribution in [0.3, 0.4) is 0 Å². The Hall–Kier alpha value is -2.47. The van der Waals surface area contributed by atoms with E-state index < -0.39 is 0 Å². The van der Waals surface area contributed by atoms with E-state index in [0.717, 1.165) is 11.3 Å². The summed E-state index contributed by atoms with van der Waals surface area (Å²) in [5.41, 5.74) is 5.26. The normalized spacial score (nSPS) is 9.90. The number of nitrogens with one attached hydrogen (secondary N) is 1. The molecule has 0 bridgehead atoms. The van der Waals surface area contributed by atoms with Crippen molar-refractivity contribution in [3.05, 3.63) is 58.7 Å². The fraction of sp³-hybridized carbons (Fsp3) is 0.235. The Balaban J connectivity index is 2.15. The largest absolute Gasteiger partial charge is 0.495 e. The Morgan fingerprint density at radius 1 is 1.20 bits per heavy atom. The maximum Gasteiger partial charge on any atom is 0.136 e. The maximum atomic E-state index is 9.09. The fourth-order valence-electron chi connectivity index (χ4n) is 2.09. The molecule has 3 nitrogen and oxygen atoms in total. The molecule has 0 heterocycles. The summed E-state index contributed by atoms with van der Waals surface area (Å²) in [4.78, 5) is 0. The summed E-state index contributed by atoms with van der Waals surface area (Å²) in [5, 5.41) is 12.5. The molecule has 0 aromatic heterocycles. The topological polar surface area (TPSA) is 45.0 Å². The predicted molar refractivity (Wildman–Crippen MR) is 81.0 cm³/mol. The molecule has 2 rings (SSSR count). The molecule has 0 atom stereocenters. The monoisotopic (exact) mass is 266 g/mol. The highest BCUT2D eigenvalue weighted by molar-refractivity contribution is 5.54. The van der Waals surface area contributed by atoms with Crippen LogP contribution in [0, 0.1) is 25.2 Å². The molecule has 0 aliphatic rings. The van der Waals surface area contributed by atoms with Crippen molar-refractivity contribution in [1.82, 2.24) is 0 Å². The van der Waals surface area contributed by atoms with Crippen LogP contribution in [0.1, 0.15) is 22.3 Å². The molecule has 0 fully saturated rings. The van der Waals surface area contributed by atoms with Gasteiger partial charge in [0.2, 0.25) is 0 Å². The molecule has 0 amide bonds. The lowest BCUT2D eigenvalue weighted by atomic mass is 10.1. The van der Waals surface area contributed by atoms with E-state index in [1.54, 1.807) is 7.11 Å². The molecular formula is C17H18N2O. The number of ether oxygens (including phenoxy) is 1. The van der Waals surface area contributed by atoms with E-state index in [0.29, 0.717) is 17.9 Å². The third kappa shape index (κ3) is 2.92. The SMILES string of the molecule is COc1ccc(CNc2cccc(C)c2C)cc1C#N. The van der Waals surface area contributed by atoms with Crippen molar-refractivity contribution in [2.45, 2.75) is 20.4 Å². The van der Waals surface area contributed by atoms with Crippen molar-refractivity contribution in [2.24, 2.45) is 0 Å². The van der Waals surface area contributed by atoms with Gasteiger partial charge in [-0.2, -0.15) is 5.26 Å². The van der Waals surface area contributed by atoms with Crippen molar-refractivity contribution < 1.29 is 4.74 Å². The molecule has 0 saturated heterocycles. The molecule has 0 saturated carbocycles. The zero-order chi connectivity index (χ0) is 14.5. The third-order valence-corrected chi connectivity index (χ3v) is 3.47. The number of hydrogen-bond acceptors (Lipinski definition) is 3. The molecule has 0 unspecified atom stereocenters. The minimum absolute atomic E-state index is 0.563. The van der Waals surface area contributed by atoms with Gasteiger partial charge in [0.15, 0.2) is 0 Å². The Labute approximate surface area is 119 Å². The first-order chi connectivity index (χ1) is 9.65. The van der Waals surface area contributed by atoms with Gasteiger partial charge in [-0.25, -0.2) is 0 Å². The lowest BCUT2D eigenvalue weighted by Gasteiger charge is -2.12. The number of benzene rings is 2. The summed E-state index contributed by atoms with van der Waals surface area (Å²) in [6, 6.07) is 14.0. The number of methoxy groups -OCH3 is 1. The van der Waals surface area contributed by atoms with E-state index in [-0.39, 0.29) is 0 Å². The Kier molecular flexibility index (Phi) is 4.27. The minimum atomic E-state index is 0.563. The molecule has 3 heteroatoms. The second-order valence-electron chi connectivity index (χ2n) is 4.75. The van der Waals surface area contributed by atoms with Crippen molar-refractivity contribution in [3.8, 4) is 11.8 Å². The van der Waals surface area contributed by atoms with Crippen molar-refractivity contribution in [2.75, 3.05) is 12.4 Å². The smallest absolute Gasteiger partial charge is 0.136 e. The van der Waals surface area contributed by atoms with Gasteiger partial charge in [0.05, 0.1) is 12.7 Å². The van der Waals surface area contributed by atoms with E-state index in [9.17, 15) is 0 Å². The summed E-state index contributed by atoms with van der Waals surface area (Å²) in [7, 11) is 1.57. The molecule has 0 aliphatic heterocycles. The molecule has 0 spiro atoms. The second kappa shape index (κ2) is 6.12. The summed E-state index contributed by atoms with van der Waals surface area (Å²) in [6.07, 6.45) is 0. The molecule has 0 radical (unpaired) electrons. The first kappa shape index (κ1) is 14.0. The van der Waals surface area contributed by atoms with E-state index >= 15 is 0 Å². The van der Waals surface area contributed by atoms with Gasteiger partial charge in [-0.05, 0) is 48.7 Å². The van der Waals surface area contributed by atoms with E-state index in [1.165, 1.54) is 11.1 Å². The number of nitrogens with zero attached hydrogens (tertiary/aromatic N) is 1. The number of anilines is 1. The number of rotatable bonds is 4. The molecule has 102 valence electrons. The van der Waals surface area contributed by atoms with Gasteiger partial charge in [0.25, 0.3) is 0 Å². The highest BCUT2D eigenvalue weighted by atomic mass is 16.5. The quantitative estimate of drug-likeness (QED) is 0.915. The van der Waals surface area contributed by atoms with Crippen LogP contribution in [0.25, 0.3) is 0 Å². The van der Waals surface area contributed by atoms with Crippen molar-refractivity contribution in [3.63, 3.8) is 0 Å². The van der Waals surface area contributed by atoms with Crippen molar-refractivity contribution in [1.29, 1.82) is 5.26 Å². The van der Waals surface area contributed by atoms with E-state index in [4.69, 9.17) is 10.00 Å². The molecule has 0 aliphatic carbocycles. The average Bonchev–Trinajstić information content (AvgIpc) is 2.48. The highest BCUT2D eigenvalue weighted by Gasteiger charge is 2.04. The van der Waals surface area contributed by atoms with Gasteiger partial charge in [-0.15, -0.1) is 0 Å². The Bertz CT molecular complexity index is 657. The second-order valence-corrected chi connectivity index (χ2v) is 4.75. The minimum Gasteiger partial charge on any atom is -0.495 e. The standard InChI is InChI=1S/C17H18N2O/c1-12-5-4-6-16(13(12)2)19-11-14-7-8-17(20-3)15(9-14)10-18/h4-9,19H,11H2,1-3H3. The van der Waals surface area contributed by atoms with Gasteiger partial charge < -0.3 is 10.1 Å². The molecule has 20 heavy (non-hydrogen) atoms. The van der Waals surface area contributed by atoms with E-state index in [1.807, 2.05) is 24.3 Å². The molecule has 2 aromatic carbocycles. The third-order valence-electron chi connectivity index (χ3n) is 3.47. The zero-order valence-electron chi connectivity index (χ0n) is 12.0. The maximum absolute atomic E-state index is 9.09. The van der Waals surface area contributed by atoms with Crippen LogP contribution in [0.15, 0.2) is 36.4 Å². The lowest BCUT2D eigenvalue weighted by molar-refractivity contribution is 0.413. The molecule has 1 N–H and O–H groups in total. The van der Waals surface area contributed by atoms with Crippen LogP contribution in [0.4, 0.5) is 5.69 Å². The van der Waals surface area contributed by atoms with Crippen LogP contribution >= 0.6 is 0 Å². The molecular weight excluding hydrogens is 248 g/mol. The summed E-state index contributed by atoms with van der Waals surface area (Å²) < 4.78 is 5.15. The van der Waals surface area contributed by atoms with Crippen LogP contribution in [0.2, 0.25) is 0 Å². The number of nitriles is 1. The van der Waals surface area contributed by atoms with Gasteiger partial charge in [0, 0.05) is 12.2 Å². The Morgan fingerprint density at radius 2 is 2.00 bits per heavy atom. The average molecular weight is 266 g/mol. The lowest BCUT2D eigenvalue weighted by Crippen LogP contribution is -2.02. The predicted octanol–water partition coefficient (Wildman–Crippen LogP) is 3.80.